The third-order valence-electron chi connectivity index (χ3n) is 1.49. The van der Waals surface area contributed by atoms with E-state index in [0.717, 1.165) is 10.2 Å². The highest BCUT2D eigenvalue weighted by Crippen LogP contribution is 2.17. The van der Waals surface area contributed by atoms with E-state index >= 15 is 0 Å². The monoisotopic (exact) mass is 239 g/mol. The van der Waals surface area contributed by atoms with Crippen LogP contribution < -0.4 is 4.74 Å². The van der Waals surface area contributed by atoms with E-state index in [1.807, 2.05) is 19.1 Å². The highest BCUT2D eigenvalue weighted by molar-refractivity contribution is 9.10. The molecule has 0 spiro atoms. The first-order valence-electron chi connectivity index (χ1n) is 3.93. The summed E-state index contributed by atoms with van der Waals surface area (Å²) >= 11 is 3.36. The number of aromatic nitrogens is 1. The Morgan fingerprint density at radius 1 is 1.62 bits per heavy atom. The highest BCUT2D eigenvalue weighted by Gasteiger charge is 1.98. The van der Waals surface area contributed by atoms with Crippen molar-refractivity contribution in [3.63, 3.8) is 0 Å². The number of terminal acetylenes is 1. The fourth-order valence-corrected chi connectivity index (χ4v) is 1.04. The van der Waals surface area contributed by atoms with Crippen LogP contribution in [0, 0.1) is 19.3 Å². The normalized spacial score (nSPS) is 9.31. The van der Waals surface area contributed by atoms with Gasteiger partial charge in [0.25, 0.3) is 0 Å². The average molecular weight is 240 g/mol. The number of ether oxygens (including phenoxy) is 1. The SMILES string of the molecule is C#CCCOc1ccc(Br)c(C)n1. The Morgan fingerprint density at radius 2 is 2.38 bits per heavy atom. The van der Waals surface area contributed by atoms with Crippen LogP contribution in [0.2, 0.25) is 0 Å². The molecule has 0 saturated heterocycles. The van der Waals surface area contributed by atoms with E-state index < -0.39 is 0 Å². The summed E-state index contributed by atoms with van der Waals surface area (Å²) in [7, 11) is 0. The number of pyridine rings is 1. The molecule has 1 heterocycles. The van der Waals surface area contributed by atoms with E-state index in [4.69, 9.17) is 11.2 Å². The smallest absolute Gasteiger partial charge is 0.213 e. The van der Waals surface area contributed by atoms with Crippen molar-refractivity contribution in [1.82, 2.24) is 4.98 Å². The molecule has 0 aliphatic heterocycles. The van der Waals surface area contributed by atoms with Crippen molar-refractivity contribution in [2.24, 2.45) is 0 Å². The molecule has 0 unspecified atom stereocenters. The minimum Gasteiger partial charge on any atom is -0.477 e. The van der Waals surface area contributed by atoms with Crippen LogP contribution in [0.3, 0.4) is 0 Å². The molecule has 0 aromatic carbocycles. The van der Waals surface area contributed by atoms with Crippen LogP contribution in [0.1, 0.15) is 12.1 Å². The minimum atomic E-state index is 0.518. The predicted molar refractivity (Wildman–Crippen MR) is 55.6 cm³/mol. The first-order valence-corrected chi connectivity index (χ1v) is 4.72. The first kappa shape index (κ1) is 10.1. The van der Waals surface area contributed by atoms with Gasteiger partial charge in [-0.1, -0.05) is 0 Å². The molecule has 0 fully saturated rings. The zero-order valence-electron chi connectivity index (χ0n) is 7.38. The van der Waals surface area contributed by atoms with Crippen molar-refractivity contribution in [3.05, 3.63) is 22.3 Å². The van der Waals surface area contributed by atoms with Crippen molar-refractivity contribution in [3.8, 4) is 18.2 Å². The van der Waals surface area contributed by atoms with Gasteiger partial charge in [0.2, 0.25) is 5.88 Å². The van der Waals surface area contributed by atoms with Gasteiger partial charge in [-0.15, -0.1) is 12.3 Å². The zero-order chi connectivity index (χ0) is 9.68. The molecule has 1 rings (SSSR count). The van der Waals surface area contributed by atoms with E-state index in [1.165, 1.54) is 0 Å². The average Bonchev–Trinajstić information content (AvgIpc) is 2.12. The maximum absolute atomic E-state index is 5.31. The summed E-state index contributed by atoms with van der Waals surface area (Å²) in [4.78, 5) is 4.21. The van der Waals surface area contributed by atoms with E-state index in [-0.39, 0.29) is 0 Å². The van der Waals surface area contributed by atoms with Crippen molar-refractivity contribution < 1.29 is 4.74 Å². The van der Waals surface area contributed by atoms with Crippen molar-refractivity contribution >= 4 is 15.9 Å². The Kier molecular flexibility index (Phi) is 3.78. The molecular formula is C10H10BrNO. The Morgan fingerprint density at radius 3 is 3.00 bits per heavy atom. The zero-order valence-corrected chi connectivity index (χ0v) is 8.97. The molecule has 1 aromatic heterocycles. The quantitative estimate of drug-likeness (QED) is 0.598. The second-order valence-corrected chi connectivity index (χ2v) is 3.37. The number of hydrogen-bond acceptors (Lipinski definition) is 2. The van der Waals surface area contributed by atoms with Gasteiger partial charge < -0.3 is 4.74 Å². The van der Waals surface area contributed by atoms with Crippen LogP contribution in [0.25, 0.3) is 0 Å². The summed E-state index contributed by atoms with van der Waals surface area (Å²) in [5.41, 5.74) is 0.915. The molecule has 68 valence electrons. The molecular weight excluding hydrogens is 230 g/mol. The molecule has 3 heteroatoms. The number of halogens is 1. The topological polar surface area (TPSA) is 22.1 Å². The van der Waals surface area contributed by atoms with Gasteiger partial charge in [0.1, 0.15) is 6.61 Å². The van der Waals surface area contributed by atoms with Gasteiger partial charge in [-0.05, 0) is 28.9 Å². The fourth-order valence-electron chi connectivity index (χ4n) is 0.816. The van der Waals surface area contributed by atoms with Crippen LogP contribution >= 0.6 is 15.9 Å². The third-order valence-corrected chi connectivity index (χ3v) is 2.33. The van der Waals surface area contributed by atoms with Gasteiger partial charge in [0, 0.05) is 17.0 Å². The summed E-state index contributed by atoms with van der Waals surface area (Å²) in [6.07, 6.45) is 5.70. The Labute approximate surface area is 86.5 Å². The lowest BCUT2D eigenvalue weighted by Crippen LogP contribution is -1.98. The summed E-state index contributed by atoms with van der Waals surface area (Å²) in [5, 5.41) is 0. The second-order valence-electron chi connectivity index (χ2n) is 2.52. The van der Waals surface area contributed by atoms with Crippen molar-refractivity contribution in [2.45, 2.75) is 13.3 Å². The molecule has 0 amide bonds. The number of aryl methyl sites for hydroxylation is 1. The predicted octanol–water partition coefficient (Wildman–Crippen LogP) is 2.55. The van der Waals surface area contributed by atoms with Crippen molar-refractivity contribution in [2.75, 3.05) is 6.61 Å². The molecule has 0 atom stereocenters. The molecule has 13 heavy (non-hydrogen) atoms. The van der Waals surface area contributed by atoms with Gasteiger partial charge in [0.15, 0.2) is 0 Å². The number of hydrogen-bond donors (Lipinski definition) is 0. The number of nitrogens with zero attached hydrogens (tertiary/aromatic N) is 1. The Balaban J connectivity index is 2.59. The van der Waals surface area contributed by atoms with Crippen molar-refractivity contribution in [1.29, 1.82) is 0 Å². The van der Waals surface area contributed by atoms with Crippen LogP contribution in [-0.4, -0.2) is 11.6 Å². The van der Waals surface area contributed by atoms with E-state index in [9.17, 15) is 0 Å². The Hall–Kier alpha value is -1.01. The molecule has 0 aliphatic carbocycles. The van der Waals surface area contributed by atoms with Crippen LogP contribution in [0.5, 0.6) is 5.88 Å². The second kappa shape index (κ2) is 4.88. The lowest BCUT2D eigenvalue weighted by molar-refractivity contribution is 0.314. The van der Waals surface area contributed by atoms with Crippen LogP contribution in [-0.2, 0) is 0 Å². The van der Waals surface area contributed by atoms with Gasteiger partial charge in [-0.3, -0.25) is 0 Å². The van der Waals surface area contributed by atoms with Crippen LogP contribution in [0.4, 0.5) is 0 Å². The van der Waals surface area contributed by atoms with Gasteiger partial charge in [0.05, 0.1) is 5.69 Å². The molecule has 2 nitrogen and oxygen atoms in total. The third kappa shape index (κ3) is 3.08. The maximum Gasteiger partial charge on any atom is 0.213 e. The van der Waals surface area contributed by atoms with Crippen LogP contribution in [0.15, 0.2) is 16.6 Å². The van der Waals surface area contributed by atoms with Gasteiger partial charge >= 0.3 is 0 Å². The summed E-state index contributed by atoms with van der Waals surface area (Å²) < 4.78 is 6.29. The first-order chi connectivity index (χ1) is 6.24. The number of rotatable bonds is 3. The lowest BCUT2D eigenvalue weighted by atomic mass is 10.4. The molecule has 0 bridgehead atoms. The molecule has 1 aromatic rings. The minimum absolute atomic E-state index is 0.518. The molecule has 0 N–H and O–H groups in total. The van der Waals surface area contributed by atoms with E-state index in [1.54, 1.807) is 0 Å². The standard InChI is InChI=1S/C10H10BrNO/c1-3-4-7-13-10-6-5-9(11)8(2)12-10/h1,5-6H,4,7H2,2H3. The Bertz CT molecular complexity index is 330. The lowest BCUT2D eigenvalue weighted by Gasteiger charge is -2.04. The summed E-state index contributed by atoms with van der Waals surface area (Å²) in [6.45, 7) is 2.43. The summed E-state index contributed by atoms with van der Waals surface area (Å²) in [6, 6.07) is 3.72. The van der Waals surface area contributed by atoms with E-state index in [0.29, 0.717) is 18.9 Å². The highest BCUT2D eigenvalue weighted by atomic mass is 79.9. The van der Waals surface area contributed by atoms with Gasteiger partial charge in [-0.25, -0.2) is 4.98 Å². The maximum atomic E-state index is 5.31. The van der Waals surface area contributed by atoms with Gasteiger partial charge in [-0.2, -0.15) is 0 Å². The molecule has 0 saturated carbocycles. The molecule has 0 aliphatic rings. The molecule has 0 radical (unpaired) electrons. The summed E-state index contributed by atoms with van der Waals surface area (Å²) in [5.74, 6) is 3.12. The fraction of sp³-hybridized carbons (Fsp3) is 0.300. The van der Waals surface area contributed by atoms with E-state index in [2.05, 4.69) is 26.8 Å². The largest absolute Gasteiger partial charge is 0.477 e.